The number of aromatic nitrogens is 2. The summed E-state index contributed by atoms with van der Waals surface area (Å²) in [6.45, 7) is 6.78. The highest BCUT2D eigenvalue weighted by atomic mass is 35.5. The first kappa shape index (κ1) is 28.8. The third kappa shape index (κ3) is 7.61. The number of halogens is 2. The van der Waals surface area contributed by atoms with Gasteiger partial charge in [0.05, 0.1) is 15.7 Å². The molecule has 1 saturated heterocycles. The van der Waals surface area contributed by atoms with Crippen LogP contribution in [0.5, 0.6) is 0 Å². The highest BCUT2D eigenvalue weighted by Crippen LogP contribution is 2.24. The molecule has 0 spiro atoms. The van der Waals surface area contributed by atoms with Gasteiger partial charge in [-0.05, 0) is 62.8 Å². The van der Waals surface area contributed by atoms with E-state index in [9.17, 15) is 4.79 Å². The van der Waals surface area contributed by atoms with Crippen molar-refractivity contribution in [3.05, 3.63) is 57.5 Å². The minimum absolute atomic E-state index is 0.0334. The lowest BCUT2D eigenvalue weighted by atomic mass is 10.1. The van der Waals surface area contributed by atoms with E-state index in [0.29, 0.717) is 35.3 Å². The Morgan fingerprint density at radius 3 is 2.73 bits per heavy atom. The lowest BCUT2D eigenvalue weighted by Crippen LogP contribution is -2.49. The van der Waals surface area contributed by atoms with Crippen molar-refractivity contribution < 1.29 is 9.53 Å². The summed E-state index contributed by atoms with van der Waals surface area (Å²) in [7, 11) is 1.63. The van der Waals surface area contributed by atoms with Crippen molar-refractivity contribution in [2.24, 2.45) is 4.99 Å². The first-order valence-corrected chi connectivity index (χ1v) is 13.3. The summed E-state index contributed by atoms with van der Waals surface area (Å²) in [5.74, 6) is 2.71. The van der Waals surface area contributed by atoms with Crippen LogP contribution in [0.2, 0.25) is 5.02 Å². The monoisotopic (exact) mass is 543 g/mol. The molecule has 1 aliphatic heterocycles. The molecule has 0 saturated carbocycles. The number of carbonyl (C=O) groups is 1. The maximum atomic E-state index is 13.1. The molecule has 1 aromatic heterocycles. The molecule has 9 heteroatoms. The van der Waals surface area contributed by atoms with E-state index >= 15 is 0 Å². The van der Waals surface area contributed by atoms with E-state index in [1.165, 1.54) is 0 Å². The number of piperazine rings is 1. The highest BCUT2D eigenvalue weighted by molar-refractivity contribution is 6.32. The van der Waals surface area contributed by atoms with Gasteiger partial charge in [0.2, 0.25) is 5.91 Å². The summed E-state index contributed by atoms with van der Waals surface area (Å²) >= 11 is 12.9. The largest absolute Gasteiger partial charge is 0.372 e. The molecule has 0 N–H and O–H groups in total. The molecule has 2 atom stereocenters. The Hall–Kier alpha value is -2.79. The van der Waals surface area contributed by atoms with Crippen molar-refractivity contribution in [2.45, 2.75) is 51.8 Å². The van der Waals surface area contributed by atoms with Gasteiger partial charge in [-0.3, -0.25) is 14.5 Å². The topological polar surface area (TPSA) is 63.0 Å². The zero-order valence-corrected chi connectivity index (χ0v) is 23.3. The first-order chi connectivity index (χ1) is 17.9. The van der Waals surface area contributed by atoms with Gasteiger partial charge >= 0.3 is 0 Å². The molecule has 1 aromatic rings. The molecule has 3 rings (SSSR count). The van der Waals surface area contributed by atoms with Crippen molar-refractivity contribution in [1.29, 1.82) is 0 Å². The van der Waals surface area contributed by atoms with Gasteiger partial charge < -0.3 is 14.5 Å². The lowest BCUT2D eigenvalue weighted by Gasteiger charge is -2.36. The van der Waals surface area contributed by atoms with Crippen molar-refractivity contribution >= 4 is 41.4 Å². The fourth-order valence-corrected chi connectivity index (χ4v) is 4.89. The molecule has 1 aliphatic carbocycles. The lowest BCUT2D eigenvalue weighted by molar-refractivity contribution is -0.133. The van der Waals surface area contributed by atoms with Gasteiger partial charge in [-0.2, -0.15) is 5.10 Å². The number of rotatable bonds is 10. The standard InChI is InChI=1S/C28H35Cl2N5O2/c1-5-21(31-7-3)10-8-9-11-24-28(30)25(6-2)35(32-24)20-27(36)34-18-16-33(17-19-34)22-12-14-23(29)26(37-4)15-13-22/h1,7,9,11-15,21,26H,6,8,10,16-20H2,2-4H3/b11-9+,31-7?. The van der Waals surface area contributed by atoms with Gasteiger partial charge in [-0.25, -0.2) is 0 Å². The van der Waals surface area contributed by atoms with E-state index in [1.807, 2.05) is 55.2 Å². The van der Waals surface area contributed by atoms with E-state index in [1.54, 1.807) is 18.0 Å². The van der Waals surface area contributed by atoms with Crippen molar-refractivity contribution in [3.63, 3.8) is 0 Å². The molecule has 2 aliphatic rings. The van der Waals surface area contributed by atoms with Crippen LogP contribution in [0, 0.1) is 12.3 Å². The maximum Gasteiger partial charge on any atom is 0.244 e. The van der Waals surface area contributed by atoms with Crippen LogP contribution < -0.4 is 0 Å². The number of amides is 1. The Kier molecular flexibility index (Phi) is 11.1. The smallest absolute Gasteiger partial charge is 0.244 e. The third-order valence-electron chi connectivity index (χ3n) is 6.42. The number of hydrogen-bond acceptors (Lipinski definition) is 5. The van der Waals surface area contributed by atoms with Gasteiger partial charge in [-0.1, -0.05) is 42.1 Å². The minimum Gasteiger partial charge on any atom is -0.372 e. The van der Waals surface area contributed by atoms with Gasteiger partial charge in [0.1, 0.15) is 24.4 Å². The first-order valence-electron chi connectivity index (χ1n) is 12.6. The number of ether oxygens (including phenoxy) is 1. The Bertz CT molecular complexity index is 1130. The summed E-state index contributed by atoms with van der Waals surface area (Å²) in [5.41, 5.74) is 2.58. The molecule has 0 bridgehead atoms. The van der Waals surface area contributed by atoms with Crippen LogP contribution >= 0.6 is 23.2 Å². The van der Waals surface area contributed by atoms with Crippen molar-refractivity contribution in [3.8, 4) is 12.3 Å². The second kappa shape index (κ2) is 14.2. The summed E-state index contributed by atoms with van der Waals surface area (Å²) in [4.78, 5) is 21.5. The third-order valence-corrected chi connectivity index (χ3v) is 7.17. The van der Waals surface area contributed by atoms with Crippen LogP contribution in [0.1, 0.15) is 38.1 Å². The fourth-order valence-electron chi connectivity index (χ4n) is 4.34. The van der Waals surface area contributed by atoms with E-state index in [4.69, 9.17) is 34.4 Å². The van der Waals surface area contributed by atoms with Gasteiger partial charge in [-0.15, -0.1) is 6.42 Å². The second-order valence-corrected chi connectivity index (χ2v) is 9.57. The quantitative estimate of drug-likeness (QED) is 0.316. The van der Waals surface area contributed by atoms with Crippen LogP contribution in [-0.2, 0) is 22.5 Å². The predicted molar refractivity (Wildman–Crippen MR) is 152 cm³/mol. The highest BCUT2D eigenvalue weighted by Gasteiger charge is 2.24. The van der Waals surface area contributed by atoms with Crippen LogP contribution in [0.25, 0.3) is 6.08 Å². The number of terminal acetylenes is 1. The van der Waals surface area contributed by atoms with E-state index < -0.39 is 0 Å². The van der Waals surface area contributed by atoms with Crippen molar-refractivity contribution in [2.75, 3.05) is 33.3 Å². The van der Waals surface area contributed by atoms with Gasteiger partial charge in [0.15, 0.2) is 0 Å². The van der Waals surface area contributed by atoms with Crippen LogP contribution in [0.15, 0.2) is 46.1 Å². The zero-order valence-electron chi connectivity index (χ0n) is 21.7. The SMILES string of the molecule is C#CC(CC/C=C/c1nn(CC(=O)N2CCN(C3=CC=C(Cl)C(OC)C=C3)CC2)c(CC)c1Cl)N=CC. The molecule has 0 aromatic carbocycles. The van der Waals surface area contributed by atoms with E-state index in [2.05, 4.69) is 20.9 Å². The van der Waals surface area contributed by atoms with E-state index in [0.717, 1.165) is 37.3 Å². The molecule has 198 valence electrons. The summed E-state index contributed by atoms with van der Waals surface area (Å²) in [6.07, 6.45) is 20.9. The summed E-state index contributed by atoms with van der Waals surface area (Å²) < 4.78 is 7.11. The molecule has 7 nitrogen and oxygen atoms in total. The normalized spacial score (nSPS) is 19.2. The number of allylic oxidation sites excluding steroid dienone is 4. The second-order valence-electron chi connectivity index (χ2n) is 8.75. The summed E-state index contributed by atoms with van der Waals surface area (Å²) in [5, 5.41) is 5.86. The number of nitrogens with zero attached hydrogens (tertiary/aromatic N) is 5. The number of methoxy groups -OCH3 is 1. The predicted octanol–water partition coefficient (Wildman–Crippen LogP) is 4.72. The van der Waals surface area contributed by atoms with Gasteiger partial charge in [0.25, 0.3) is 0 Å². The average Bonchev–Trinajstić information content (AvgIpc) is 3.07. The van der Waals surface area contributed by atoms with Crippen LogP contribution in [0.4, 0.5) is 0 Å². The molecule has 2 heterocycles. The molecule has 37 heavy (non-hydrogen) atoms. The van der Waals surface area contributed by atoms with Gasteiger partial charge in [0, 0.05) is 39.0 Å². The minimum atomic E-state index is -0.234. The van der Waals surface area contributed by atoms with Crippen LogP contribution in [-0.4, -0.2) is 77.1 Å². The molecule has 0 radical (unpaired) electrons. The average molecular weight is 545 g/mol. The molecular weight excluding hydrogens is 509 g/mol. The number of aliphatic imine (C=N–C) groups is 1. The molecular formula is C28H35Cl2N5O2. The Morgan fingerprint density at radius 2 is 2.08 bits per heavy atom. The van der Waals surface area contributed by atoms with Crippen molar-refractivity contribution in [1.82, 2.24) is 19.6 Å². The number of hydrogen-bond donors (Lipinski definition) is 0. The van der Waals surface area contributed by atoms with E-state index in [-0.39, 0.29) is 24.6 Å². The molecule has 1 amide bonds. The molecule has 1 fully saturated rings. The summed E-state index contributed by atoms with van der Waals surface area (Å²) in [6, 6.07) is -0.126. The Labute approximate surface area is 230 Å². The maximum absolute atomic E-state index is 13.1. The zero-order chi connectivity index (χ0) is 26.8. The van der Waals surface area contributed by atoms with Crippen LogP contribution in [0.3, 0.4) is 0 Å². The number of carbonyl (C=O) groups excluding carboxylic acids is 1. The molecule has 2 unspecified atom stereocenters. The Morgan fingerprint density at radius 1 is 1.32 bits per heavy atom. The Balaban J connectivity index is 1.58. The fraction of sp³-hybridized carbons (Fsp3) is 0.464.